The first-order valence-corrected chi connectivity index (χ1v) is 7.96. The van der Waals surface area contributed by atoms with Crippen LogP contribution >= 0.6 is 0 Å². The summed E-state index contributed by atoms with van der Waals surface area (Å²) in [5.74, 6) is -0.287. The fourth-order valence-electron chi connectivity index (χ4n) is 2.80. The molecule has 1 atom stereocenters. The fourth-order valence-corrected chi connectivity index (χ4v) is 2.80. The number of carbonyl (C=O) groups excluding carboxylic acids is 3. The largest absolute Gasteiger partial charge is 0.354 e. The van der Waals surface area contributed by atoms with Crippen molar-refractivity contribution in [1.82, 2.24) is 20.0 Å². The minimum atomic E-state index is -0.691. The van der Waals surface area contributed by atoms with Crippen LogP contribution < -0.4 is 10.6 Å². The summed E-state index contributed by atoms with van der Waals surface area (Å²) in [6.45, 7) is 3.04. The molecule has 1 aliphatic carbocycles. The summed E-state index contributed by atoms with van der Waals surface area (Å²) < 4.78 is 1.76. The number of nitrogens with one attached hydrogen (secondary N) is 2. The van der Waals surface area contributed by atoms with Crippen molar-refractivity contribution in [2.24, 2.45) is 5.92 Å². The Bertz CT molecular complexity index is 622. The van der Waals surface area contributed by atoms with Crippen molar-refractivity contribution in [3.8, 4) is 0 Å². The van der Waals surface area contributed by atoms with Gasteiger partial charge in [-0.05, 0) is 25.7 Å². The fraction of sp³-hybridized carbons (Fsp3) is 0.600. The second kappa shape index (κ2) is 6.39. The van der Waals surface area contributed by atoms with Crippen LogP contribution in [-0.2, 0) is 14.4 Å². The molecule has 0 bridgehead atoms. The Kier molecular flexibility index (Phi) is 4.31. The molecule has 1 saturated carbocycles. The molecule has 1 aromatic rings. The first-order valence-electron chi connectivity index (χ1n) is 7.96. The average molecular weight is 319 g/mol. The Morgan fingerprint density at radius 3 is 2.91 bits per heavy atom. The standard InChI is InChI=1S/C15H21N5O3/c1-10(11-2-3-11)20-12(4-6-17-20)18-14(22)15(23)19-8-5-13(21)16-7-9-19/h4,6,10-11H,2-3,5,7-9H2,1H3,(H,16,21)(H,18,22)/t10-/m1/s1. The molecule has 23 heavy (non-hydrogen) atoms. The van der Waals surface area contributed by atoms with E-state index in [1.165, 1.54) is 17.7 Å². The Morgan fingerprint density at radius 1 is 1.39 bits per heavy atom. The predicted octanol–water partition coefficient (Wildman–Crippen LogP) is 0.141. The molecule has 2 heterocycles. The lowest BCUT2D eigenvalue weighted by Crippen LogP contribution is -2.41. The smallest absolute Gasteiger partial charge is 0.315 e. The van der Waals surface area contributed by atoms with Crippen molar-refractivity contribution >= 4 is 23.5 Å². The van der Waals surface area contributed by atoms with Crippen molar-refractivity contribution in [3.63, 3.8) is 0 Å². The third-order valence-electron chi connectivity index (χ3n) is 4.40. The third kappa shape index (κ3) is 3.52. The maximum atomic E-state index is 12.3. The van der Waals surface area contributed by atoms with E-state index in [0.717, 1.165) is 0 Å². The Morgan fingerprint density at radius 2 is 2.17 bits per heavy atom. The summed E-state index contributed by atoms with van der Waals surface area (Å²) in [6, 6.07) is 1.90. The van der Waals surface area contributed by atoms with Crippen LogP contribution in [0, 0.1) is 5.92 Å². The van der Waals surface area contributed by atoms with Crippen molar-refractivity contribution in [2.45, 2.75) is 32.2 Å². The van der Waals surface area contributed by atoms with Crippen LogP contribution in [0.25, 0.3) is 0 Å². The van der Waals surface area contributed by atoms with Gasteiger partial charge in [-0.25, -0.2) is 4.68 Å². The molecule has 2 N–H and O–H groups in total. The van der Waals surface area contributed by atoms with Gasteiger partial charge in [0.2, 0.25) is 5.91 Å². The molecular weight excluding hydrogens is 298 g/mol. The number of hydrogen-bond donors (Lipinski definition) is 2. The van der Waals surface area contributed by atoms with Crippen LogP contribution in [0.3, 0.4) is 0 Å². The number of rotatable bonds is 3. The molecule has 3 amide bonds. The minimum Gasteiger partial charge on any atom is -0.354 e. The molecule has 0 radical (unpaired) electrons. The lowest BCUT2D eigenvalue weighted by Gasteiger charge is -2.19. The van der Waals surface area contributed by atoms with Gasteiger partial charge in [-0.15, -0.1) is 0 Å². The molecule has 1 saturated heterocycles. The van der Waals surface area contributed by atoms with Gasteiger partial charge in [0.05, 0.1) is 12.2 Å². The lowest BCUT2D eigenvalue weighted by atomic mass is 10.2. The van der Waals surface area contributed by atoms with E-state index in [0.29, 0.717) is 24.8 Å². The monoisotopic (exact) mass is 319 g/mol. The van der Waals surface area contributed by atoms with Crippen LogP contribution in [0.2, 0.25) is 0 Å². The maximum Gasteiger partial charge on any atom is 0.315 e. The van der Waals surface area contributed by atoms with Crippen molar-refractivity contribution < 1.29 is 14.4 Å². The van der Waals surface area contributed by atoms with E-state index in [1.54, 1.807) is 16.9 Å². The topological polar surface area (TPSA) is 96.3 Å². The summed E-state index contributed by atoms with van der Waals surface area (Å²) in [5, 5.41) is 9.58. The number of anilines is 1. The highest BCUT2D eigenvalue weighted by Crippen LogP contribution is 2.40. The number of amides is 3. The summed E-state index contributed by atoms with van der Waals surface area (Å²) in [6.07, 6.45) is 4.17. The zero-order chi connectivity index (χ0) is 16.4. The van der Waals surface area contributed by atoms with E-state index < -0.39 is 11.8 Å². The molecule has 8 nitrogen and oxygen atoms in total. The molecule has 8 heteroatoms. The zero-order valence-electron chi connectivity index (χ0n) is 13.1. The summed E-state index contributed by atoms with van der Waals surface area (Å²) >= 11 is 0. The molecule has 3 rings (SSSR count). The second-order valence-corrected chi connectivity index (χ2v) is 6.09. The maximum absolute atomic E-state index is 12.3. The van der Waals surface area contributed by atoms with E-state index in [4.69, 9.17) is 0 Å². The minimum absolute atomic E-state index is 0.1000. The summed E-state index contributed by atoms with van der Waals surface area (Å²) in [4.78, 5) is 37.2. The highest BCUT2D eigenvalue weighted by molar-refractivity contribution is 6.39. The quantitative estimate of drug-likeness (QED) is 0.775. The van der Waals surface area contributed by atoms with E-state index in [9.17, 15) is 14.4 Å². The summed E-state index contributed by atoms with van der Waals surface area (Å²) in [5.41, 5.74) is 0. The van der Waals surface area contributed by atoms with E-state index in [-0.39, 0.29) is 24.9 Å². The first kappa shape index (κ1) is 15.5. The van der Waals surface area contributed by atoms with Gasteiger partial charge in [0, 0.05) is 32.1 Å². The lowest BCUT2D eigenvalue weighted by molar-refractivity contribution is -0.143. The predicted molar refractivity (Wildman–Crippen MR) is 82.5 cm³/mol. The molecule has 0 aromatic carbocycles. The average Bonchev–Trinajstić information content (AvgIpc) is 3.31. The third-order valence-corrected chi connectivity index (χ3v) is 4.40. The number of aromatic nitrogens is 2. The molecule has 124 valence electrons. The molecule has 2 fully saturated rings. The van der Waals surface area contributed by atoms with Crippen LogP contribution in [0.15, 0.2) is 12.3 Å². The van der Waals surface area contributed by atoms with Crippen LogP contribution in [0.4, 0.5) is 5.82 Å². The van der Waals surface area contributed by atoms with Gasteiger partial charge in [0.25, 0.3) is 0 Å². The van der Waals surface area contributed by atoms with Gasteiger partial charge in [-0.2, -0.15) is 5.10 Å². The van der Waals surface area contributed by atoms with E-state index in [2.05, 4.69) is 22.7 Å². The molecular formula is C15H21N5O3. The molecule has 1 aromatic heterocycles. The Labute approximate surface area is 134 Å². The van der Waals surface area contributed by atoms with Crippen molar-refractivity contribution in [3.05, 3.63) is 12.3 Å². The van der Waals surface area contributed by atoms with Gasteiger partial charge in [0.15, 0.2) is 0 Å². The first-order chi connectivity index (χ1) is 11.1. The molecule has 0 unspecified atom stereocenters. The Hall–Kier alpha value is -2.38. The molecule has 2 aliphatic rings. The highest BCUT2D eigenvalue weighted by atomic mass is 16.2. The number of hydrogen-bond acceptors (Lipinski definition) is 4. The normalized spacial score (nSPS) is 19.7. The molecule has 0 spiro atoms. The van der Waals surface area contributed by atoms with E-state index in [1.807, 2.05) is 0 Å². The number of nitrogens with zero attached hydrogens (tertiary/aromatic N) is 3. The van der Waals surface area contributed by atoms with E-state index >= 15 is 0 Å². The van der Waals surface area contributed by atoms with Crippen LogP contribution in [0.1, 0.15) is 32.2 Å². The van der Waals surface area contributed by atoms with Crippen LogP contribution in [0.5, 0.6) is 0 Å². The van der Waals surface area contributed by atoms with Gasteiger partial charge < -0.3 is 15.5 Å². The molecule has 1 aliphatic heterocycles. The van der Waals surface area contributed by atoms with Gasteiger partial charge >= 0.3 is 11.8 Å². The summed E-state index contributed by atoms with van der Waals surface area (Å²) in [7, 11) is 0. The Balaban J connectivity index is 1.63. The highest BCUT2D eigenvalue weighted by Gasteiger charge is 2.31. The SMILES string of the molecule is C[C@H](C1CC1)n1nccc1NC(=O)C(=O)N1CCNC(=O)CC1. The number of carbonyl (C=O) groups is 3. The van der Waals surface area contributed by atoms with Crippen LogP contribution in [-0.4, -0.2) is 52.0 Å². The van der Waals surface area contributed by atoms with Gasteiger partial charge in [0.1, 0.15) is 5.82 Å². The van der Waals surface area contributed by atoms with Gasteiger partial charge in [-0.1, -0.05) is 0 Å². The zero-order valence-corrected chi connectivity index (χ0v) is 13.1. The second-order valence-electron chi connectivity index (χ2n) is 6.09. The van der Waals surface area contributed by atoms with Gasteiger partial charge in [-0.3, -0.25) is 14.4 Å². The van der Waals surface area contributed by atoms with Crippen molar-refractivity contribution in [1.29, 1.82) is 0 Å². The van der Waals surface area contributed by atoms with Crippen molar-refractivity contribution in [2.75, 3.05) is 25.0 Å².